The predicted molar refractivity (Wildman–Crippen MR) is 110 cm³/mol. The van der Waals surface area contributed by atoms with Crippen LogP contribution in [0.15, 0.2) is 23.5 Å². The molecule has 1 aromatic heterocycles. The van der Waals surface area contributed by atoms with Crippen molar-refractivity contribution in [2.45, 2.75) is 75.9 Å². The lowest BCUT2D eigenvalue weighted by Crippen LogP contribution is -2.53. The number of carboxylic acid groups (broad SMARTS) is 1. The summed E-state index contributed by atoms with van der Waals surface area (Å²) in [6.45, 7) is 0.366. The molecule has 2 aliphatic rings. The largest absolute Gasteiger partial charge is 0.481 e. The molecule has 8 nitrogen and oxygen atoms in total. The van der Waals surface area contributed by atoms with Crippen LogP contribution in [0.5, 0.6) is 0 Å². The van der Waals surface area contributed by atoms with E-state index in [-0.39, 0.29) is 12.8 Å². The summed E-state index contributed by atoms with van der Waals surface area (Å²) in [4.78, 5) is 45.5. The monoisotopic (exact) mass is 433 g/mol. The summed E-state index contributed by atoms with van der Waals surface area (Å²) in [7, 11) is 0. The predicted octanol–water partition coefficient (Wildman–Crippen LogP) is 2.90. The maximum atomic E-state index is 12.9. The molecule has 1 fully saturated rings. The van der Waals surface area contributed by atoms with Crippen LogP contribution >= 0.6 is 0 Å². The summed E-state index contributed by atoms with van der Waals surface area (Å²) in [5.74, 6) is -2.51. The molecule has 1 saturated carbocycles. The highest BCUT2D eigenvalue weighted by Gasteiger charge is 2.46. The number of amides is 1. The maximum Gasteiger partial charge on any atom is 0.305 e. The van der Waals surface area contributed by atoms with Crippen molar-refractivity contribution in [1.82, 2.24) is 10.3 Å². The third-order valence-corrected chi connectivity index (χ3v) is 6.13. The van der Waals surface area contributed by atoms with E-state index in [1.807, 2.05) is 12.1 Å². The number of halogens is 1. The van der Waals surface area contributed by atoms with Gasteiger partial charge in [0.1, 0.15) is 18.4 Å². The minimum atomic E-state index is -1.46. The van der Waals surface area contributed by atoms with Crippen molar-refractivity contribution in [3.05, 3.63) is 29.6 Å². The second-order valence-electron chi connectivity index (χ2n) is 8.19. The third-order valence-electron chi connectivity index (χ3n) is 6.13. The van der Waals surface area contributed by atoms with Gasteiger partial charge >= 0.3 is 5.97 Å². The number of carboxylic acids is 1. The van der Waals surface area contributed by atoms with E-state index in [4.69, 9.17) is 9.94 Å². The molecule has 1 aromatic rings. The van der Waals surface area contributed by atoms with Gasteiger partial charge < -0.3 is 15.3 Å². The van der Waals surface area contributed by atoms with Crippen molar-refractivity contribution < 1.29 is 28.7 Å². The molecule has 31 heavy (non-hydrogen) atoms. The van der Waals surface area contributed by atoms with E-state index in [2.05, 4.69) is 15.5 Å². The number of carbonyl (C=O) groups is 3. The van der Waals surface area contributed by atoms with Crippen molar-refractivity contribution in [1.29, 1.82) is 0 Å². The molecular formula is C22H28FN3O5. The Hall–Kier alpha value is -2.84. The number of rotatable bonds is 9. The van der Waals surface area contributed by atoms with Crippen LogP contribution < -0.4 is 5.32 Å². The lowest BCUT2D eigenvalue weighted by atomic mass is 9.84. The Morgan fingerprint density at radius 1 is 1.32 bits per heavy atom. The molecule has 1 aliphatic heterocycles. The van der Waals surface area contributed by atoms with E-state index in [1.165, 1.54) is 24.8 Å². The van der Waals surface area contributed by atoms with Crippen LogP contribution in [0.2, 0.25) is 0 Å². The van der Waals surface area contributed by atoms with E-state index in [9.17, 15) is 18.8 Å². The number of nitrogens with zero attached hydrogens (tertiary/aromatic N) is 2. The Labute approximate surface area is 180 Å². The molecule has 1 amide bonds. The fraction of sp³-hybridized carbons (Fsp3) is 0.591. The Balaban J connectivity index is 1.73. The van der Waals surface area contributed by atoms with E-state index in [0.29, 0.717) is 17.3 Å². The first-order valence-electron chi connectivity index (χ1n) is 10.7. The number of hydrogen-bond donors (Lipinski definition) is 2. The van der Waals surface area contributed by atoms with Crippen molar-refractivity contribution in [3.8, 4) is 0 Å². The molecule has 0 aromatic carbocycles. The molecule has 2 heterocycles. The molecule has 168 valence electrons. The van der Waals surface area contributed by atoms with E-state index in [1.54, 1.807) is 13.1 Å². The van der Waals surface area contributed by atoms with Crippen LogP contribution in [0.1, 0.15) is 75.5 Å². The highest BCUT2D eigenvalue weighted by atomic mass is 19.1. The van der Waals surface area contributed by atoms with Crippen LogP contribution in [0.4, 0.5) is 4.39 Å². The van der Waals surface area contributed by atoms with Gasteiger partial charge in [-0.05, 0) is 42.9 Å². The van der Waals surface area contributed by atoms with Gasteiger partial charge in [-0.2, -0.15) is 0 Å². The molecule has 0 spiro atoms. The molecule has 1 aliphatic carbocycles. The number of alkyl halides is 1. The fourth-order valence-corrected chi connectivity index (χ4v) is 4.18. The topological polar surface area (TPSA) is 118 Å². The van der Waals surface area contributed by atoms with Gasteiger partial charge in [0.25, 0.3) is 5.91 Å². The van der Waals surface area contributed by atoms with Crippen LogP contribution in [0.25, 0.3) is 0 Å². The first-order valence-corrected chi connectivity index (χ1v) is 10.7. The summed E-state index contributed by atoms with van der Waals surface area (Å²) in [5.41, 5.74) is 0.945. The van der Waals surface area contributed by atoms with Crippen molar-refractivity contribution in [2.24, 2.45) is 5.16 Å². The lowest BCUT2D eigenvalue weighted by Gasteiger charge is -2.26. The van der Waals surface area contributed by atoms with Gasteiger partial charge in [-0.3, -0.25) is 19.4 Å². The third kappa shape index (κ3) is 5.26. The zero-order valence-corrected chi connectivity index (χ0v) is 17.6. The van der Waals surface area contributed by atoms with Crippen LogP contribution in [0, 0.1) is 0 Å². The van der Waals surface area contributed by atoms with Gasteiger partial charge in [-0.1, -0.05) is 31.3 Å². The number of hydrogen-bond acceptors (Lipinski definition) is 6. The second-order valence-corrected chi connectivity index (χ2v) is 8.19. The van der Waals surface area contributed by atoms with Crippen LogP contribution in [0.3, 0.4) is 0 Å². The van der Waals surface area contributed by atoms with Gasteiger partial charge in [-0.25, -0.2) is 4.39 Å². The molecular weight excluding hydrogens is 405 g/mol. The normalized spacial score (nSPS) is 22.3. The molecule has 2 atom stereocenters. The number of aliphatic carboxylic acids is 1. The minimum Gasteiger partial charge on any atom is -0.481 e. The van der Waals surface area contributed by atoms with Gasteiger partial charge in [0.2, 0.25) is 5.60 Å². The Morgan fingerprint density at radius 3 is 2.71 bits per heavy atom. The number of aromatic nitrogens is 1. The summed E-state index contributed by atoms with van der Waals surface area (Å²) in [6, 6.07) is 2.54. The van der Waals surface area contributed by atoms with E-state index < -0.39 is 42.4 Å². The number of nitrogens with one attached hydrogen (secondary N) is 1. The number of carbonyl (C=O) groups excluding carboxylic acids is 2. The number of Topliss-reactive ketones (excluding diaryl/α,β-unsaturated/α-hetero) is 1. The standard InChI is InChI=1S/C22H28FN3O5/c1-2-22(21(30)25-17(11-20(28)29)19(27)13-23)12-18(26-31-22)16-10-15(8-9-24-16)14-6-4-3-5-7-14/h8-10,14,17H,2-7,11-13H2,1H3,(H,25,30)(H,28,29). The van der Waals surface area contributed by atoms with Crippen LogP contribution in [-0.2, 0) is 19.2 Å². The minimum absolute atomic E-state index is 0.125. The Morgan fingerprint density at radius 2 is 2.06 bits per heavy atom. The molecule has 3 rings (SSSR count). The summed E-state index contributed by atoms with van der Waals surface area (Å²) >= 11 is 0. The average Bonchev–Trinajstić information content (AvgIpc) is 3.24. The first kappa shape index (κ1) is 22.8. The molecule has 0 bridgehead atoms. The van der Waals surface area contributed by atoms with Crippen molar-refractivity contribution in [3.63, 3.8) is 0 Å². The summed E-state index contributed by atoms with van der Waals surface area (Å²) in [5, 5.41) is 15.4. The van der Waals surface area contributed by atoms with Crippen molar-refractivity contribution >= 4 is 23.4 Å². The lowest BCUT2D eigenvalue weighted by molar-refractivity contribution is -0.148. The van der Waals surface area contributed by atoms with Crippen molar-refractivity contribution in [2.75, 3.05) is 6.67 Å². The van der Waals surface area contributed by atoms with Gasteiger partial charge in [0, 0.05) is 12.6 Å². The van der Waals surface area contributed by atoms with Gasteiger partial charge in [-0.15, -0.1) is 0 Å². The number of ketones is 1. The molecule has 9 heteroatoms. The van der Waals surface area contributed by atoms with Gasteiger partial charge in [0.05, 0.1) is 12.1 Å². The second kappa shape index (κ2) is 9.98. The average molecular weight is 433 g/mol. The quantitative estimate of drug-likeness (QED) is 0.618. The highest BCUT2D eigenvalue weighted by molar-refractivity contribution is 6.05. The summed E-state index contributed by atoms with van der Waals surface area (Å²) in [6.07, 6.45) is 7.35. The zero-order chi connectivity index (χ0) is 22.4. The smallest absolute Gasteiger partial charge is 0.305 e. The SMILES string of the molecule is CCC1(C(=O)NC(CC(=O)O)C(=O)CF)CC(c2cc(C3CCCCC3)ccn2)=NO1. The molecule has 0 radical (unpaired) electrons. The van der Waals surface area contributed by atoms with E-state index in [0.717, 1.165) is 12.8 Å². The Bertz CT molecular complexity index is 868. The number of pyridine rings is 1. The fourth-order valence-electron chi connectivity index (χ4n) is 4.18. The maximum absolute atomic E-state index is 12.9. The molecule has 2 N–H and O–H groups in total. The molecule has 0 saturated heterocycles. The van der Waals surface area contributed by atoms with Crippen LogP contribution in [-0.4, -0.2) is 51.8 Å². The van der Waals surface area contributed by atoms with Gasteiger partial charge in [0.15, 0.2) is 5.78 Å². The number of oxime groups is 1. The Kier molecular flexibility index (Phi) is 7.35. The highest BCUT2D eigenvalue weighted by Crippen LogP contribution is 2.34. The summed E-state index contributed by atoms with van der Waals surface area (Å²) < 4.78 is 12.8. The first-order chi connectivity index (χ1) is 14.9. The molecule has 2 unspecified atom stereocenters. The zero-order valence-electron chi connectivity index (χ0n) is 17.6. The van der Waals surface area contributed by atoms with E-state index >= 15 is 0 Å².